The van der Waals surface area contributed by atoms with Gasteiger partial charge in [-0.3, -0.25) is 19.9 Å². The molecule has 2 aromatic heterocycles. The number of rotatable bonds is 3. The molecular weight excluding hydrogens is 290 g/mol. The fourth-order valence-electron chi connectivity index (χ4n) is 3.06. The monoisotopic (exact) mass is 313 g/mol. The highest BCUT2D eigenvalue weighted by atomic mass is 16.2. The van der Waals surface area contributed by atoms with Gasteiger partial charge in [-0.2, -0.15) is 5.10 Å². The predicted octanol–water partition coefficient (Wildman–Crippen LogP) is 2.30. The van der Waals surface area contributed by atoms with Gasteiger partial charge in [-0.1, -0.05) is 20.8 Å². The van der Waals surface area contributed by atoms with Crippen LogP contribution in [0.3, 0.4) is 0 Å². The van der Waals surface area contributed by atoms with Crippen LogP contribution in [0.25, 0.3) is 11.4 Å². The first-order chi connectivity index (χ1) is 10.9. The number of nitrogens with zero attached hydrogens (tertiary/aromatic N) is 4. The first kappa shape index (κ1) is 15.6. The minimum Gasteiger partial charge on any atom is -0.342 e. The molecule has 1 aliphatic rings. The number of aromatic amines is 1. The highest BCUT2D eigenvalue weighted by Gasteiger charge is 2.33. The second kappa shape index (κ2) is 6.10. The Balaban J connectivity index is 1.71. The predicted molar refractivity (Wildman–Crippen MR) is 87.5 cm³/mol. The van der Waals surface area contributed by atoms with Gasteiger partial charge >= 0.3 is 0 Å². The van der Waals surface area contributed by atoms with E-state index in [-0.39, 0.29) is 11.3 Å². The molecule has 23 heavy (non-hydrogen) atoms. The summed E-state index contributed by atoms with van der Waals surface area (Å²) in [6.45, 7) is 7.56. The molecule has 0 radical (unpaired) electrons. The molecule has 0 saturated carbocycles. The summed E-state index contributed by atoms with van der Waals surface area (Å²) in [6.07, 6.45) is 6.98. The van der Waals surface area contributed by atoms with Crippen molar-refractivity contribution in [2.45, 2.75) is 33.6 Å². The lowest BCUT2D eigenvalue weighted by atomic mass is 9.95. The van der Waals surface area contributed by atoms with Crippen LogP contribution in [0.4, 0.5) is 0 Å². The van der Waals surface area contributed by atoms with Crippen LogP contribution in [0.15, 0.2) is 24.7 Å². The van der Waals surface area contributed by atoms with E-state index >= 15 is 0 Å². The molecule has 1 saturated heterocycles. The van der Waals surface area contributed by atoms with E-state index < -0.39 is 0 Å². The van der Waals surface area contributed by atoms with E-state index in [1.54, 1.807) is 18.6 Å². The van der Waals surface area contributed by atoms with Gasteiger partial charge in [0.1, 0.15) is 5.69 Å². The molecule has 0 aliphatic carbocycles. The Morgan fingerprint density at radius 3 is 2.78 bits per heavy atom. The molecule has 0 aromatic carbocycles. The molecule has 1 aliphatic heterocycles. The van der Waals surface area contributed by atoms with Crippen LogP contribution in [0.1, 0.15) is 32.9 Å². The summed E-state index contributed by atoms with van der Waals surface area (Å²) in [5.74, 6) is 0.660. The maximum Gasteiger partial charge on any atom is 0.227 e. The van der Waals surface area contributed by atoms with Gasteiger partial charge in [-0.05, 0) is 24.8 Å². The standard InChI is InChI=1S/C17H23N5O/c1-17(2,3)16(23)22-9-5-12(11-22)10-14-15(19-8-7-18-14)13-4-6-20-21-13/h4,6-8,12H,5,9-11H2,1-3H3,(H,20,21). The van der Waals surface area contributed by atoms with Crippen molar-refractivity contribution in [3.8, 4) is 11.4 Å². The first-order valence-corrected chi connectivity index (χ1v) is 8.04. The number of aromatic nitrogens is 4. The third-order valence-corrected chi connectivity index (χ3v) is 4.23. The van der Waals surface area contributed by atoms with Crippen molar-refractivity contribution >= 4 is 5.91 Å². The number of carbonyl (C=O) groups is 1. The Hall–Kier alpha value is -2.24. The van der Waals surface area contributed by atoms with E-state index in [4.69, 9.17) is 0 Å². The molecule has 122 valence electrons. The maximum absolute atomic E-state index is 12.4. The molecule has 1 fully saturated rings. The minimum absolute atomic E-state index is 0.230. The molecular formula is C17H23N5O. The molecule has 0 spiro atoms. The lowest BCUT2D eigenvalue weighted by molar-refractivity contribution is -0.138. The Morgan fingerprint density at radius 1 is 1.30 bits per heavy atom. The van der Waals surface area contributed by atoms with Crippen LogP contribution in [0.2, 0.25) is 0 Å². The van der Waals surface area contributed by atoms with Gasteiger partial charge in [0.2, 0.25) is 5.91 Å². The topological polar surface area (TPSA) is 74.8 Å². The van der Waals surface area contributed by atoms with Gasteiger partial charge in [0.05, 0.1) is 11.4 Å². The van der Waals surface area contributed by atoms with E-state index in [1.165, 1.54) is 0 Å². The number of carbonyl (C=O) groups excluding carboxylic acids is 1. The van der Waals surface area contributed by atoms with Gasteiger partial charge in [0.25, 0.3) is 0 Å². The van der Waals surface area contributed by atoms with Crippen molar-refractivity contribution < 1.29 is 4.79 Å². The van der Waals surface area contributed by atoms with Crippen molar-refractivity contribution in [3.05, 3.63) is 30.4 Å². The van der Waals surface area contributed by atoms with Crippen LogP contribution in [0.5, 0.6) is 0 Å². The molecule has 1 N–H and O–H groups in total. The second-order valence-corrected chi connectivity index (χ2v) is 7.18. The van der Waals surface area contributed by atoms with Gasteiger partial charge in [0, 0.05) is 37.1 Å². The summed E-state index contributed by atoms with van der Waals surface area (Å²) in [7, 11) is 0. The van der Waals surface area contributed by atoms with Crippen molar-refractivity contribution in [1.82, 2.24) is 25.1 Å². The SMILES string of the molecule is CC(C)(C)C(=O)N1CCC(Cc2nccnc2-c2ccn[nH]2)C1. The number of amides is 1. The Morgan fingerprint density at radius 2 is 2.09 bits per heavy atom. The number of nitrogens with one attached hydrogen (secondary N) is 1. The molecule has 3 rings (SSSR count). The molecule has 3 heterocycles. The summed E-state index contributed by atoms with van der Waals surface area (Å²) in [5, 5.41) is 6.94. The van der Waals surface area contributed by atoms with Gasteiger partial charge in [0.15, 0.2) is 0 Å². The lowest BCUT2D eigenvalue weighted by Crippen LogP contribution is -2.38. The third-order valence-electron chi connectivity index (χ3n) is 4.23. The zero-order chi connectivity index (χ0) is 16.4. The van der Waals surface area contributed by atoms with Crippen molar-refractivity contribution in [2.75, 3.05) is 13.1 Å². The minimum atomic E-state index is -0.317. The molecule has 6 heteroatoms. The second-order valence-electron chi connectivity index (χ2n) is 7.18. The van der Waals surface area contributed by atoms with Crippen LogP contribution in [-0.2, 0) is 11.2 Å². The molecule has 1 atom stereocenters. The molecule has 2 aromatic rings. The van der Waals surface area contributed by atoms with Gasteiger partial charge < -0.3 is 4.90 Å². The third kappa shape index (κ3) is 3.41. The van der Waals surface area contributed by atoms with Crippen molar-refractivity contribution in [2.24, 2.45) is 11.3 Å². The maximum atomic E-state index is 12.4. The fraction of sp³-hybridized carbons (Fsp3) is 0.529. The number of likely N-dealkylation sites (tertiary alicyclic amines) is 1. The number of hydrogen-bond acceptors (Lipinski definition) is 4. The summed E-state index contributed by atoms with van der Waals surface area (Å²) >= 11 is 0. The Labute approximate surface area is 136 Å². The van der Waals surface area contributed by atoms with Crippen molar-refractivity contribution in [3.63, 3.8) is 0 Å². The Bertz CT molecular complexity index is 675. The van der Waals surface area contributed by atoms with Crippen molar-refractivity contribution in [1.29, 1.82) is 0 Å². The zero-order valence-corrected chi connectivity index (χ0v) is 13.9. The number of H-pyrrole nitrogens is 1. The van der Waals surface area contributed by atoms with Crippen LogP contribution >= 0.6 is 0 Å². The molecule has 0 bridgehead atoms. The highest BCUT2D eigenvalue weighted by Crippen LogP contribution is 2.27. The molecule has 1 unspecified atom stereocenters. The van der Waals surface area contributed by atoms with Gasteiger partial charge in [-0.15, -0.1) is 0 Å². The smallest absolute Gasteiger partial charge is 0.227 e. The number of hydrogen-bond donors (Lipinski definition) is 1. The normalized spacial score (nSPS) is 18.4. The van der Waals surface area contributed by atoms with Gasteiger partial charge in [-0.25, -0.2) is 0 Å². The Kier molecular flexibility index (Phi) is 4.15. The van der Waals surface area contributed by atoms with Crippen LogP contribution in [0, 0.1) is 11.3 Å². The van der Waals surface area contributed by atoms with Crippen LogP contribution < -0.4 is 0 Å². The summed E-state index contributed by atoms with van der Waals surface area (Å²) in [5.41, 5.74) is 2.38. The van der Waals surface area contributed by atoms with E-state index in [1.807, 2.05) is 31.7 Å². The first-order valence-electron chi connectivity index (χ1n) is 8.04. The average molecular weight is 313 g/mol. The van der Waals surface area contributed by atoms with E-state index in [0.717, 1.165) is 43.0 Å². The van der Waals surface area contributed by atoms with Crippen LogP contribution in [-0.4, -0.2) is 44.1 Å². The molecule has 6 nitrogen and oxygen atoms in total. The molecule has 1 amide bonds. The largest absolute Gasteiger partial charge is 0.342 e. The van der Waals surface area contributed by atoms with E-state index in [2.05, 4.69) is 20.2 Å². The summed E-state index contributed by atoms with van der Waals surface area (Å²) in [4.78, 5) is 23.3. The summed E-state index contributed by atoms with van der Waals surface area (Å²) in [6, 6.07) is 1.90. The quantitative estimate of drug-likeness (QED) is 0.943. The fourth-order valence-corrected chi connectivity index (χ4v) is 3.06. The average Bonchev–Trinajstić information content (AvgIpc) is 3.17. The lowest BCUT2D eigenvalue weighted by Gasteiger charge is -2.25. The zero-order valence-electron chi connectivity index (χ0n) is 13.9. The van der Waals surface area contributed by atoms with E-state index in [9.17, 15) is 4.79 Å². The van der Waals surface area contributed by atoms with E-state index in [0.29, 0.717) is 5.92 Å². The summed E-state index contributed by atoms with van der Waals surface area (Å²) < 4.78 is 0. The highest BCUT2D eigenvalue weighted by molar-refractivity contribution is 5.81.